The Labute approximate surface area is 133 Å². The lowest BCUT2D eigenvalue weighted by Gasteiger charge is -2.17. The van der Waals surface area contributed by atoms with Crippen molar-refractivity contribution >= 4 is 17.5 Å². The molecule has 2 aliphatic heterocycles. The Morgan fingerprint density at radius 2 is 2.05 bits per heavy atom. The molecule has 22 heavy (non-hydrogen) atoms. The van der Waals surface area contributed by atoms with E-state index in [1.807, 2.05) is 29.2 Å². The summed E-state index contributed by atoms with van der Waals surface area (Å²) in [5.41, 5.74) is 2.24. The minimum absolute atomic E-state index is 0.0538. The van der Waals surface area contributed by atoms with Gasteiger partial charge in [0.2, 0.25) is 0 Å². The van der Waals surface area contributed by atoms with Gasteiger partial charge < -0.3 is 10.2 Å². The van der Waals surface area contributed by atoms with E-state index in [1.54, 1.807) is 6.20 Å². The number of hydrogen-bond acceptors (Lipinski definition) is 3. The normalized spacial score (nSPS) is 23.8. The van der Waals surface area contributed by atoms with E-state index in [9.17, 15) is 4.79 Å². The quantitative estimate of drug-likeness (QED) is 0.891. The molecule has 114 valence electrons. The van der Waals surface area contributed by atoms with Crippen LogP contribution >= 0.6 is 11.6 Å². The van der Waals surface area contributed by atoms with Gasteiger partial charge in [-0.05, 0) is 24.0 Å². The van der Waals surface area contributed by atoms with E-state index < -0.39 is 0 Å². The summed E-state index contributed by atoms with van der Waals surface area (Å²) in [6.07, 6.45) is 1.62. The maximum absolute atomic E-state index is 12.8. The first-order valence-electron chi connectivity index (χ1n) is 7.51. The molecular weight excluding hydrogens is 300 g/mol. The van der Waals surface area contributed by atoms with Crippen molar-refractivity contribution in [1.29, 1.82) is 0 Å². The Bertz CT molecular complexity index is 702. The highest BCUT2D eigenvalue weighted by Crippen LogP contribution is 2.30. The molecule has 4 rings (SSSR count). The maximum Gasteiger partial charge on any atom is 0.257 e. The predicted molar refractivity (Wildman–Crippen MR) is 84.8 cm³/mol. The van der Waals surface area contributed by atoms with Gasteiger partial charge in [0.1, 0.15) is 0 Å². The summed E-state index contributed by atoms with van der Waals surface area (Å²) in [5.74, 6) is 1.23. The van der Waals surface area contributed by atoms with Crippen molar-refractivity contribution in [3.05, 3.63) is 41.0 Å². The number of aromatic amines is 1. The topological polar surface area (TPSA) is 61.0 Å². The molecule has 6 heteroatoms. The molecule has 0 aliphatic carbocycles. The van der Waals surface area contributed by atoms with Crippen LogP contribution in [0, 0.1) is 11.8 Å². The van der Waals surface area contributed by atoms with Crippen LogP contribution in [0.25, 0.3) is 11.3 Å². The standard InChI is InChI=1S/C16H17ClN4O/c17-13-3-1-2-10(4-13)15-14(7-19-20-15)16(22)21-8-11-5-18-6-12(11)9-21/h1-4,7,11-12,18H,5-6,8-9H2,(H,19,20)/t11-,12+. The number of aromatic nitrogens is 2. The number of hydrogen-bond donors (Lipinski definition) is 2. The highest BCUT2D eigenvalue weighted by molar-refractivity contribution is 6.30. The van der Waals surface area contributed by atoms with Crippen LogP contribution in [0.5, 0.6) is 0 Å². The number of fused-ring (bicyclic) bond motifs is 1. The molecule has 2 atom stereocenters. The molecule has 2 aromatic rings. The fourth-order valence-corrected chi connectivity index (χ4v) is 3.69. The molecule has 2 N–H and O–H groups in total. The van der Waals surface area contributed by atoms with Crippen LogP contribution in [0.15, 0.2) is 30.5 Å². The summed E-state index contributed by atoms with van der Waals surface area (Å²) in [7, 11) is 0. The number of likely N-dealkylation sites (tertiary alicyclic amines) is 1. The third-order valence-corrected chi connectivity index (χ3v) is 4.89. The fourth-order valence-electron chi connectivity index (χ4n) is 3.50. The first kappa shape index (κ1) is 13.8. The van der Waals surface area contributed by atoms with Gasteiger partial charge in [-0.3, -0.25) is 9.89 Å². The summed E-state index contributed by atoms with van der Waals surface area (Å²) in [4.78, 5) is 14.8. The van der Waals surface area contributed by atoms with Crippen molar-refractivity contribution in [3.63, 3.8) is 0 Å². The van der Waals surface area contributed by atoms with Gasteiger partial charge >= 0.3 is 0 Å². The predicted octanol–water partition coefficient (Wildman–Crippen LogP) is 2.02. The highest BCUT2D eigenvalue weighted by atomic mass is 35.5. The van der Waals surface area contributed by atoms with E-state index in [0.717, 1.165) is 37.4 Å². The van der Waals surface area contributed by atoms with Gasteiger partial charge in [0.25, 0.3) is 5.91 Å². The van der Waals surface area contributed by atoms with E-state index in [4.69, 9.17) is 11.6 Å². The zero-order valence-electron chi connectivity index (χ0n) is 12.1. The van der Waals surface area contributed by atoms with E-state index in [2.05, 4.69) is 15.5 Å². The SMILES string of the molecule is O=C(c1cn[nH]c1-c1cccc(Cl)c1)N1C[C@H]2CNC[C@H]2C1. The average molecular weight is 317 g/mol. The van der Waals surface area contributed by atoms with Crippen LogP contribution in [0.1, 0.15) is 10.4 Å². The van der Waals surface area contributed by atoms with Gasteiger partial charge in [-0.15, -0.1) is 0 Å². The highest BCUT2D eigenvalue weighted by Gasteiger charge is 2.38. The summed E-state index contributed by atoms with van der Waals surface area (Å²) in [5, 5.41) is 11.0. The molecule has 3 heterocycles. The molecule has 2 saturated heterocycles. The zero-order chi connectivity index (χ0) is 15.1. The number of carbonyl (C=O) groups is 1. The lowest BCUT2D eigenvalue weighted by Crippen LogP contribution is -2.31. The van der Waals surface area contributed by atoms with Crippen LogP contribution in [0.4, 0.5) is 0 Å². The van der Waals surface area contributed by atoms with Gasteiger partial charge in [-0.25, -0.2) is 0 Å². The largest absolute Gasteiger partial charge is 0.338 e. The number of carbonyl (C=O) groups excluding carboxylic acids is 1. The maximum atomic E-state index is 12.8. The summed E-state index contributed by atoms with van der Waals surface area (Å²) < 4.78 is 0. The zero-order valence-corrected chi connectivity index (χ0v) is 12.8. The number of amides is 1. The van der Waals surface area contributed by atoms with Crippen molar-refractivity contribution in [2.45, 2.75) is 0 Å². The third-order valence-electron chi connectivity index (χ3n) is 4.66. The molecule has 0 bridgehead atoms. The second kappa shape index (κ2) is 5.41. The summed E-state index contributed by atoms with van der Waals surface area (Å²) in [6, 6.07) is 7.46. The van der Waals surface area contributed by atoms with Gasteiger partial charge in [0, 0.05) is 36.8 Å². The first-order valence-corrected chi connectivity index (χ1v) is 7.89. The van der Waals surface area contributed by atoms with E-state index in [1.165, 1.54) is 0 Å². The lowest BCUT2D eigenvalue weighted by atomic mass is 10.0. The smallest absolute Gasteiger partial charge is 0.257 e. The second-order valence-electron chi connectivity index (χ2n) is 6.06. The van der Waals surface area contributed by atoms with Gasteiger partial charge in [0.15, 0.2) is 0 Å². The van der Waals surface area contributed by atoms with Crippen molar-refractivity contribution < 1.29 is 4.79 Å². The summed E-state index contributed by atoms with van der Waals surface area (Å²) >= 11 is 6.05. The molecule has 1 aromatic heterocycles. The Kier molecular flexibility index (Phi) is 3.39. The Balaban J connectivity index is 1.61. The van der Waals surface area contributed by atoms with Crippen LogP contribution in [-0.2, 0) is 0 Å². The third kappa shape index (κ3) is 2.30. The molecule has 0 spiro atoms. The molecule has 0 radical (unpaired) electrons. The molecule has 2 fully saturated rings. The Morgan fingerprint density at radius 3 is 2.77 bits per heavy atom. The second-order valence-corrected chi connectivity index (χ2v) is 6.49. The average Bonchev–Trinajstić information content (AvgIpc) is 3.21. The van der Waals surface area contributed by atoms with Crippen LogP contribution in [-0.4, -0.2) is 47.2 Å². The van der Waals surface area contributed by atoms with Crippen molar-refractivity contribution in [2.24, 2.45) is 11.8 Å². The lowest BCUT2D eigenvalue weighted by molar-refractivity contribution is 0.0782. The number of nitrogens with zero attached hydrogens (tertiary/aromatic N) is 2. The molecule has 1 amide bonds. The van der Waals surface area contributed by atoms with E-state index in [-0.39, 0.29) is 5.91 Å². The fraction of sp³-hybridized carbons (Fsp3) is 0.375. The molecule has 2 aliphatic rings. The number of benzene rings is 1. The number of halogens is 1. The van der Waals surface area contributed by atoms with E-state index in [0.29, 0.717) is 22.4 Å². The van der Waals surface area contributed by atoms with Crippen LogP contribution < -0.4 is 5.32 Å². The monoisotopic (exact) mass is 316 g/mol. The number of H-pyrrole nitrogens is 1. The number of rotatable bonds is 2. The number of nitrogens with one attached hydrogen (secondary N) is 2. The minimum atomic E-state index is 0.0538. The molecule has 1 aromatic carbocycles. The molecule has 5 nitrogen and oxygen atoms in total. The van der Waals surface area contributed by atoms with Gasteiger partial charge in [-0.1, -0.05) is 23.7 Å². The molecular formula is C16H17ClN4O. The minimum Gasteiger partial charge on any atom is -0.338 e. The van der Waals surface area contributed by atoms with E-state index >= 15 is 0 Å². The van der Waals surface area contributed by atoms with Crippen molar-refractivity contribution in [2.75, 3.05) is 26.2 Å². The van der Waals surface area contributed by atoms with Crippen LogP contribution in [0.2, 0.25) is 5.02 Å². The molecule has 0 saturated carbocycles. The van der Waals surface area contributed by atoms with Crippen LogP contribution in [0.3, 0.4) is 0 Å². The Morgan fingerprint density at radius 1 is 1.27 bits per heavy atom. The van der Waals surface area contributed by atoms with Crippen molar-refractivity contribution in [3.8, 4) is 11.3 Å². The van der Waals surface area contributed by atoms with Gasteiger partial charge in [-0.2, -0.15) is 5.10 Å². The molecule has 0 unspecified atom stereocenters. The van der Waals surface area contributed by atoms with Gasteiger partial charge in [0.05, 0.1) is 17.5 Å². The Hall–Kier alpha value is -1.85. The summed E-state index contributed by atoms with van der Waals surface area (Å²) in [6.45, 7) is 3.69. The first-order chi connectivity index (χ1) is 10.7. The van der Waals surface area contributed by atoms with Crippen molar-refractivity contribution in [1.82, 2.24) is 20.4 Å².